The van der Waals surface area contributed by atoms with E-state index < -0.39 is 46.3 Å². The summed E-state index contributed by atoms with van der Waals surface area (Å²) < 4.78 is 24.4. The Bertz CT molecular complexity index is 1370. The Hall–Kier alpha value is -1.78. The highest BCUT2D eigenvalue weighted by Gasteiger charge is 2.63. The number of epoxide rings is 2. The Labute approximate surface area is 299 Å². The van der Waals surface area contributed by atoms with Crippen molar-refractivity contribution in [3.8, 4) is 0 Å². The summed E-state index contributed by atoms with van der Waals surface area (Å²) in [5, 5.41) is 35.7. The maximum absolute atomic E-state index is 14.1. The molecule has 9 heteroatoms. The number of rotatable bonds is 3. The Kier molecular flexibility index (Phi) is 10.3. The van der Waals surface area contributed by atoms with Crippen molar-refractivity contribution in [1.82, 2.24) is 0 Å². The zero-order valence-electron chi connectivity index (χ0n) is 31.7. The van der Waals surface area contributed by atoms with Crippen LogP contribution in [0.1, 0.15) is 151 Å². The maximum Gasteiger partial charge on any atom is 0.339 e. The summed E-state index contributed by atoms with van der Waals surface area (Å²) >= 11 is 0. The van der Waals surface area contributed by atoms with E-state index in [9.17, 15) is 24.9 Å². The van der Waals surface area contributed by atoms with E-state index in [-0.39, 0.29) is 48.1 Å². The predicted molar refractivity (Wildman–Crippen MR) is 189 cm³/mol. The van der Waals surface area contributed by atoms with Crippen molar-refractivity contribution in [3.63, 3.8) is 0 Å². The zero-order chi connectivity index (χ0) is 36.3. The van der Waals surface area contributed by atoms with Crippen molar-refractivity contribution in [2.45, 2.75) is 204 Å². The molecule has 0 saturated carbocycles. The van der Waals surface area contributed by atoms with Gasteiger partial charge in [0.2, 0.25) is 0 Å². The van der Waals surface area contributed by atoms with Gasteiger partial charge in [-0.25, -0.2) is 4.79 Å². The van der Waals surface area contributed by atoms with Crippen molar-refractivity contribution < 1.29 is 43.9 Å². The fraction of sp³-hybridized carbons (Fsp3) is 0.854. The minimum absolute atomic E-state index is 0.0396. The molecule has 0 aromatic heterocycles. The normalized spacial score (nSPS) is 49.0. The van der Waals surface area contributed by atoms with Gasteiger partial charge >= 0.3 is 11.9 Å². The van der Waals surface area contributed by atoms with Gasteiger partial charge in [0, 0.05) is 5.41 Å². The molecule has 6 rings (SSSR count). The summed E-state index contributed by atoms with van der Waals surface area (Å²) in [7, 11) is 0. The molecule has 6 aliphatic rings. The van der Waals surface area contributed by atoms with Gasteiger partial charge in [-0.05, 0) is 150 Å². The van der Waals surface area contributed by atoms with Crippen LogP contribution in [0.4, 0.5) is 0 Å². The molecule has 0 amide bonds. The quantitative estimate of drug-likeness (QED) is 0.165. The van der Waals surface area contributed by atoms with Crippen LogP contribution in [-0.2, 0) is 28.5 Å². The van der Waals surface area contributed by atoms with Gasteiger partial charge in [0.1, 0.15) is 12.2 Å². The monoisotopic (exact) mass is 700 g/mol. The van der Waals surface area contributed by atoms with E-state index in [1.807, 2.05) is 6.92 Å². The summed E-state index contributed by atoms with van der Waals surface area (Å²) in [5.74, 6) is -1.74. The van der Waals surface area contributed by atoms with Crippen molar-refractivity contribution in [1.29, 1.82) is 0 Å². The molecule has 2 aliphatic carbocycles. The number of carbonyl (C=O) groups is 2. The van der Waals surface area contributed by atoms with Crippen LogP contribution in [0.15, 0.2) is 23.3 Å². The Balaban J connectivity index is 1.23. The van der Waals surface area contributed by atoms with E-state index >= 15 is 0 Å². The third kappa shape index (κ3) is 7.64. The van der Waals surface area contributed by atoms with Crippen molar-refractivity contribution in [2.24, 2.45) is 17.3 Å². The first-order chi connectivity index (χ1) is 23.3. The van der Waals surface area contributed by atoms with Crippen LogP contribution in [0.5, 0.6) is 0 Å². The number of ether oxygens (including phenoxy) is 4. The van der Waals surface area contributed by atoms with Crippen molar-refractivity contribution in [3.05, 3.63) is 23.3 Å². The molecule has 0 radical (unpaired) electrons. The molecule has 0 aromatic carbocycles. The first-order valence-electron chi connectivity index (χ1n) is 19.5. The maximum atomic E-state index is 14.1. The number of fused-ring (bicyclic) bond motifs is 6. The lowest BCUT2D eigenvalue weighted by molar-refractivity contribution is -0.232. The lowest BCUT2D eigenvalue weighted by Crippen LogP contribution is -2.63. The summed E-state index contributed by atoms with van der Waals surface area (Å²) in [6.45, 7) is 14.0. The number of esters is 2. The highest BCUT2D eigenvalue weighted by atomic mass is 16.6. The van der Waals surface area contributed by atoms with Crippen molar-refractivity contribution in [2.75, 3.05) is 0 Å². The van der Waals surface area contributed by atoms with Gasteiger partial charge < -0.3 is 34.3 Å². The van der Waals surface area contributed by atoms with Crippen LogP contribution < -0.4 is 0 Å². The molecule has 4 bridgehead atoms. The fourth-order valence-corrected chi connectivity index (χ4v) is 9.69. The van der Waals surface area contributed by atoms with E-state index in [4.69, 9.17) is 18.9 Å². The first-order valence-corrected chi connectivity index (χ1v) is 19.5. The molecule has 0 aromatic rings. The number of aliphatic hydroxyl groups is 3. The lowest BCUT2D eigenvalue weighted by atomic mass is 9.60. The molecule has 282 valence electrons. The van der Waals surface area contributed by atoms with Crippen LogP contribution in [0.25, 0.3) is 0 Å². The summed E-state index contributed by atoms with van der Waals surface area (Å²) in [5.41, 5.74) is -3.23. The van der Waals surface area contributed by atoms with E-state index in [1.54, 1.807) is 13.8 Å². The molecule has 4 aliphatic heterocycles. The van der Waals surface area contributed by atoms with Gasteiger partial charge in [0.05, 0.1) is 40.5 Å². The van der Waals surface area contributed by atoms with Gasteiger partial charge in [-0.3, -0.25) is 4.79 Å². The number of hydrogen-bond donors (Lipinski definition) is 3. The van der Waals surface area contributed by atoms with E-state index in [2.05, 4.69) is 39.8 Å². The molecule has 12 atom stereocenters. The highest BCUT2D eigenvalue weighted by Crippen LogP contribution is 2.55. The average molecular weight is 701 g/mol. The van der Waals surface area contributed by atoms with Gasteiger partial charge in [-0.15, -0.1) is 0 Å². The molecule has 4 heterocycles. The second-order valence-corrected chi connectivity index (χ2v) is 18.4. The third-order valence-electron chi connectivity index (χ3n) is 14.2. The smallest absolute Gasteiger partial charge is 0.339 e. The van der Waals surface area contributed by atoms with E-state index in [0.717, 1.165) is 38.5 Å². The first kappa shape index (κ1) is 38.0. The van der Waals surface area contributed by atoms with Gasteiger partial charge in [-0.2, -0.15) is 0 Å². The molecule has 0 spiro atoms. The van der Waals surface area contributed by atoms with Crippen LogP contribution in [0.2, 0.25) is 0 Å². The second kappa shape index (κ2) is 13.6. The SMILES string of the molecule is CC1=CCCC(C)(O)C2CC(CCC3(C)OC3CC1)C(CCC1(O)C(=O)OC3CC1(C)CCC1(C)OC1CCC(C)=CCCC3(C)O)C(=O)O2. The second-order valence-electron chi connectivity index (χ2n) is 18.4. The molecular formula is C41H64O9. The summed E-state index contributed by atoms with van der Waals surface area (Å²) in [4.78, 5) is 28.0. The fourth-order valence-electron chi connectivity index (χ4n) is 9.69. The Morgan fingerprint density at radius 3 is 1.86 bits per heavy atom. The Morgan fingerprint density at radius 1 is 0.700 bits per heavy atom. The van der Waals surface area contributed by atoms with E-state index in [0.29, 0.717) is 51.4 Å². The topological polar surface area (TPSA) is 138 Å². The molecule has 50 heavy (non-hydrogen) atoms. The molecule has 9 nitrogen and oxygen atoms in total. The van der Waals surface area contributed by atoms with Gasteiger partial charge in [0.25, 0.3) is 0 Å². The Morgan fingerprint density at radius 2 is 1.26 bits per heavy atom. The minimum atomic E-state index is -1.86. The van der Waals surface area contributed by atoms with Crippen LogP contribution >= 0.6 is 0 Å². The predicted octanol–water partition coefficient (Wildman–Crippen LogP) is 6.79. The largest absolute Gasteiger partial charge is 0.459 e. The number of allylic oxidation sites excluding steroid dienone is 4. The molecule has 4 saturated heterocycles. The molecule has 3 N–H and O–H groups in total. The number of hydrogen-bond acceptors (Lipinski definition) is 9. The van der Waals surface area contributed by atoms with E-state index in [1.165, 1.54) is 11.1 Å². The minimum Gasteiger partial charge on any atom is -0.459 e. The highest BCUT2D eigenvalue weighted by molar-refractivity contribution is 5.82. The number of carbonyl (C=O) groups excluding carboxylic acids is 2. The lowest BCUT2D eigenvalue weighted by Gasteiger charge is -2.52. The van der Waals surface area contributed by atoms with Crippen LogP contribution in [0, 0.1) is 17.3 Å². The van der Waals surface area contributed by atoms with Crippen LogP contribution in [-0.4, -0.2) is 79.7 Å². The summed E-state index contributed by atoms with van der Waals surface area (Å²) in [6, 6.07) is 0. The summed E-state index contributed by atoms with van der Waals surface area (Å²) in [6.07, 6.45) is 13.1. The van der Waals surface area contributed by atoms with Gasteiger partial charge in [-0.1, -0.05) is 30.2 Å². The molecular weight excluding hydrogens is 636 g/mol. The standard InChI is InChI=1S/C41H64O9/c1-26-10-8-18-37(4,44)32-24-28(16-20-39(6)30(49-39)14-12-26)29(34(42)47-32)17-21-41(46)35(43)48-33-25-36(41,3)22-23-40(7)31(50-40)15-13-27(2)11-9-19-38(33,5)45/h10-11,28-33,44-46H,8-9,12-25H2,1-7H3. The molecule has 4 fully saturated rings. The van der Waals surface area contributed by atoms with Crippen LogP contribution in [0.3, 0.4) is 0 Å². The third-order valence-corrected chi connectivity index (χ3v) is 14.2. The van der Waals surface area contributed by atoms with Crippen molar-refractivity contribution >= 4 is 11.9 Å². The average Bonchev–Trinajstić information content (AvgIpc) is 3.91. The molecule has 12 unspecified atom stereocenters. The zero-order valence-corrected chi connectivity index (χ0v) is 31.7. The van der Waals surface area contributed by atoms with Gasteiger partial charge in [0.15, 0.2) is 5.60 Å².